The molecule has 0 spiro atoms. The molecule has 3 amide bonds. The van der Waals surface area contributed by atoms with Crippen molar-refractivity contribution in [2.24, 2.45) is 5.73 Å². The Balaban J connectivity index is 2.04. The highest BCUT2D eigenvalue weighted by Crippen LogP contribution is 2.37. The first-order chi connectivity index (χ1) is 12.3. The van der Waals surface area contributed by atoms with Gasteiger partial charge in [0, 0.05) is 0 Å². The first-order valence-electron chi connectivity index (χ1n) is 8.54. The summed E-state index contributed by atoms with van der Waals surface area (Å²) in [7, 11) is 0. The lowest BCUT2D eigenvalue weighted by molar-refractivity contribution is -0.194. The number of nitrogens with two attached hydrogens (primary N) is 1. The second-order valence-electron chi connectivity index (χ2n) is 7.83. The number of fused-ring (bicyclic) bond motifs is 1. The molecule has 2 fully saturated rings. The molecule has 5 atom stereocenters. The summed E-state index contributed by atoms with van der Waals surface area (Å²) in [6.45, 7) is 7.93. The van der Waals surface area contributed by atoms with E-state index in [1.165, 1.54) is 0 Å². The number of rotatable bonds is 5. The fourth-order valence-corrected chi connectivity index (χ4v) is 2.86. The van der Waals surface area contributed by atoms with Gasteiger partial charge in [0.15, 0.2) is 18.1 Å². The smallest absolute Gasteiger partial charge is 0.408 e. The number of hydrogen-bond acceptors (Lipinski definition) is 8. The summed E-state index contributed by atoms with van der Waals surface area (Å²) in [5, 5.41) is 14.0. The summed E-state index contributed by atoms with van der Waals surface area (Å²) >= 11 is 0. The van der Waals surface area contributed by atoms with Crippen molar-refractivity contribution in [3.05, 3.63) is 0 Å². The number of alkyl carbamates (subject to hydrolysis) is 1. The van der Waals surface area contributed by atoms with E-state index in [-0.39, 0.29) is 6.61 Å². The SMILES string of the molecule is CC(C)(C)OC(=O)NC(C(N)=O)C(=O)N[C@@H]1O[C@H](CO)[C@H]2OC(C)(C)O[C@H]21. The fourth-order valence-electron chi connectivity index (χ4n) is 2.86. The van der Waals surface area contributed by atoms with Gasteiger partial charge in [0.2, 0.25) is 5.91 Å². The standard InChI is InChI=1S/C16H27N3O8/c1-15(2,3)27-14(23)18-8(11(17)21)12(22)19-13-10-9(7(6-20)24-13)25-16(4,5)26-10/h7-10,13,20H,6H2,1-5H3,(H2,17,21)(H,18,23)(H,19,22)/t7-,8?,9-,10-,13-/m1/s1. The zero-order chi connectivity index (χ0) is 20.6. The number of aliphatic hydroxyl groups is 1. The Bertz CT molecular complexity index is 603. The summed E-state index contributed by atoms with van der Waals surface area (Å²) in [6.07, 6.45) is -3.98. The first kappa shape index (κ1) is 21.4. The highest BCUT2D eigenvalue weighted by Gasteiger charge is 2.55. The number of carbonyl (C=O) groups excluding carboxylic acids is 3. The average Bonchev–Trinajstić information content (AvgIpc) is 2.96. The lowest BCUT2D eigenvalue weighted by atomic mass is 10.1. The van der Waals surface area contributed by atoms with E-state index >= 15 is 0 Å². The molecule has 27 heavy (non-hydrogen) atoms. The van der Waals surface area contributed by atoms with Gasteiger partial charge in [-0.2, -0.15) is 0 Å². The van der Waals surface area contributed by atoms with Gasteiger partial charge >= 0.3 is 6.09 Å². The van der Waals surface area contributed by atoms with Crippen LogP contribution < -0.4 is 16.4 Å². The number of nitrogens with one attached hydrogen (secondary N) is 2. The van der Waals surface area contributed by atoms with Gasteiger partial charge in [-0.1, -0.05) is 0 Å². The van der Waals surface area contributed by atoms with Crippen LogP contribution in [0.25, 0.3) is 0 Å². The Morgan fingerprint density at radius 3 is 2.33 bits per heavy atom. The third kappa shape index (κ3) is 5.28. The van der Waals surface area contributed by atoms with Crippen LogP contribution in [0.4, 0.5) is 4.79 Å². The third-order valence-corrected chi connectivity index (χ3v) is 3.82. The van der Waals surface area contributed by atoms with Gasteiger partial charge in [-0.25, -0.2) is 4.79 Å². The topological polar surface area (TPSA) is 158 Å². The highest BCUT2D eigenvalue weighted by atomic mass is 16.8. The van der Waals surface area contributed by atoms with Gasteiger partial charge in [-0.15, -0.1) is 0 Å². The van der Waals surface area contributed by atoms with E-state index < -0.39 is 59.9 Å². The van der Waals surface area contributed by atoms with E-state index in [9.17, 15) is 19.5 Å². The van der Waals surface area contributed by atoms with Crippen LogP contribution in [0.15, 0.2) is 0 Å². The predicted octanol–water partition coefficient (Wildman–Crippen LogP) is -1.28. The van der Waals surface area contributed by atoms with Crippen LogP contribution >= 0.6 is 0 Å². The Labute approximate surface area is 156 Å². The minimum absolute atomic E-state index is 0.345. The molecule has 2 aliphatic heterocycles. The van der Waals surface area contributed by atoms with Gasteiger partial charge in [-0.05, 0) is 34.6 Å². The van der Waals surface area contributed by atoms with Crippen molar-refractivity contribution in [1.29, 1.82) is 0 Å². The van der Waals surface area contributed by atoms with E-state index in [0.717, 1.165) is 0 Å². The normalized spacial score (nSPS) is 30.3. The first-order valence-corrected chi connectivity index (χ1v) is 8.54. The van der Waals surface area contributed by atoms with E-state index in [4.69, 9.17) is 24.7 Å². The Kier molecular flexibility index (Phi) is 6.00. The van der Waals surface area contributed by atoms with Crippen molar-refractivity contribution in [2.45, 2.75) is 76.6 Å². The molecule has 0 saturated carbocycles. The maximum absolute atomic E-state index is 12.5. The Morgan fingerprint density at radius 2 is 1.81 bits per heavy atom. The van der Waals surface area contributed by atoms with Crippen LogP contribution in [0.2, 0.25) is 0 Å². The zero-order valence-electron chi connectivity index (χ0n) is 16.0. The monoisotopic (exact) mass is 389 g/mol. The van der Waals surface area contributed by atoms with E-state index in [1.54, 1.807) is 34.6 Å². The van der Waals surface area contributed by atoms with Gasteiger partial charge in [-0.3, -0.25) is 9.59 Å². The maximum Gasteiger partial charge on any atom is 0.408 e. The molecule has 0 aliphatic carbocycles. The van der Waals surface area contributed by atoms with Crippen LogP contribution in [0.3, 0.4) is 0 Å². The minimum Gasteiger partial charge on any atom is -0.444 e. The lowest BCUT2D eigenvalue weighted by Gasteiger charge is -2.25. The van der Waals surface area contributed by atoms with Gasteiger partial charge in [0.25, 0.3) is 5.91 Å². The van der Waals surface area contributed by atoms with Crippen molar-refractivity contribution in [3.63, 3.8) is 0 Å². The molecule has 154 valence electrons. The summed E-state index contributed by atoms with van der Waals surface area (Å²) < 4.78 is 21.9. The summed E-state index contributed by atoms with van der Waals surface area (Å²) in [4.78, 5) is 35.9. The van der Waals surface area contributed by atoms with Crippen molar-refractivity contribution in [1.82, 2.24) is 10.6 Å². The molecule has 0 bridgehead atoms. The molecule has 2 rings (SSSR count). The van der Waals surface area contributed by atoms with E-state index in [2.05, 4.69) is 10.6 Å². The van der Waals surface area contributed by atoms with Crippen LogP contribution in [-0.4, -0.2) is 71.6 Å². The van der Waals surface area contributed by atoms with Gasteiger partial charge in [0.05, 0.1) is 6.61 Å². The average molecular weight is 389 g/mol. The summed E-state index contributed by atoms with van der Waals surface area (Å²) in [5.41, 5.74) is 4.40. The largest absolute Gasteiger partial charge is 0.444 e. The minimum atomic E-state index is -1.68. The molecule has 0 aromatic carbocycles. The molecule has 0 radical (unpaired) electrons. The number of aliphatic hydroxyl groups excluding tert-OH is 1. The number of ether oxygens (including phenoxy) is 4. The summed E-state index contributed by atoms with van der Waals surface area (Å²) in [5.74, 6) is -2.90. The van der Waals surface area contributed by atoms with Crippen LogP contribution in [0.5, 0.6) is 0 Å². The Hall–Kier alpha value is -1.95. The van der Waals surface area contributed by atoms with Crippen molar-refractivity contribution < 1.29 is 38.4 Å². The van der Waals surface area contributed by atoms with Crippen molar-refractivity contribution in [2.75, 3.05) is 6.61 Å². The quantitative estimate of drug-likeness (QED) is 0.423. The third-order valence-electron chi connectivity index (χ3n) is 3.82. The lowest BCUT2D eigenvalue weighted by Crippen LogP contribution is -2.57. The highest BCUT2D eigenvalue weighted by molar-refractivity contribution is 6.05. The second kappa shape index (κ2) is 7.58. The maximum atomic E-state index is 12.5. The van der Waals surface area contributed by atoms with Crippen LogP contribution in [0.1, 0.15) is 34.6 Å². The molecule has 0 aromatic rings. The number of carbonyl (C=O) groups is 3. The van der Waals surface area contributed by atoms with Crippen LogP contribution in [-0.2, 0) is 28.5 Å². The van der Waals surface area contributed by atoms with E-state index in [1.807, 2.05) is 0 Å². The van der Waals surface area contributed by atoms with Gasteiger partial charge < -0.3 is 40.4 Å². The zero-order valence-corrected chi connectivity index (χ0v) is 16.0. The van der Waals surface area contributed by atoms with Crippen molar-refractivity contribution >= 4 is 17.9 Å². The van der Waals surface area contributed by atoms with Crippen LogP contribution in [0, 0.1) is 0 Å². The molecule has 11 heteroatoms. The fraction of sp³-hybridized carbons (Fsp3) is 0.812. The number of amides is 3. The molecule has 5 N–H and O–H groups in total. The number of hydrogen-bond donors (Lipinski definition) is 4. The second-order valence-corrected chi connectivity index (χ2v) is 7.83. The summed E-state index contributed by atoms with van der Waals surface area (Å²) in [6, 6.07) is -1.68. The Morgan fingerprint density at radius 1 is 1.22 bits per heavy atom. The molecular weight excluding hydrogens is 362 g/mol. The molecule has 11 nitrogen and oxygen atoms in total. The molecule has 2 heterocycles. The molecule has 2 aliphatic rings. The number of primary amides is 1. The predicted molar refractivity (Wildman–Crippen MR) is 90.1 cm³/mol. The van der Waals surface area contributed by atoms with E-state index in [0.29, 0.717) is 0 Å². The molecule has 1 unspecified atom stereocenters. The molecule has 2 saturated heterocycles. The van der Waals surface area contributed by atoms with Gasteiger partial charge in [0.1, 0.15) is 23.9 Å². The van der Waals surface area contributed by atoms with Crippen molar-refractivity contribution in [3.8, 4) is 0 Å². The molecular formula is C16H27N3O8. The molecule has 0 aromatic heterocycles.